The van der Waals surface area contributed by atoms with Crippen molar-refractivity contribution in [1.82, 2.24) is 14.5 Å². The molecule has 1 aromatic heterocycles. The van der Waals surface area contributed by atoms with Crippen molar-refractivity contribution < 1.29 is 22.7 Å². The topological polar surface area (TPSA) is 47.4 Å². The van der Waals surface area contributed by atoms with Gasteiger partial charge in [0.1, 0.15) is 12.4 Å². The number of carbonyl (C=O) groups excluding carboxylic acids is 1. The molecule has 2 heterocycles. The Balaban J connectivity index is 1.48. The lowest BCUT2D eigenvalue weighted by molar-refractivity contribution is -0.141. The molecule has 8 heteroatoms. The molecule has 1 aliphatic heterocycles. The van der Waals surface area contributed by atoms with Crippen molar-refractivity contribution in [3.63, 3.8) is 0 Å². The average Bonchev–Trinajstić information content (AvgIpc) is 3.04. The van der Waals surface area contributed by atoms with Crippen LogP contribution in [-0.4, -0.2) is 46.7 Å². The zero-order valence-electron chi connectivity index (χ0n) is 15.1. The van der Waals surface area contributed by atoms with Gasteiger partial charge < -0.3 is 14.2 Å². The van der Waals surface area contributed by atoms with E-state index in [2.05, 4.69) is 4.98 Å². The Morgan fingerprint density at radius 3 is 2.73 bits per heavy atom. The summed E-state index contributed by atoms with van der Waals surface area (Å²) in [4.78, 5) is 17.6. The van der Waals surface area contributed by atoms with Gasteiger partial charge in [-0.15, -0.1) is 0 Å². The predicted molar refractivity (Wildman–Crippen MR) is 89.5 cm³/mol. The van der Waals surface area contributed by atoms with E-state index >= 15 is 0 Å². The number of amides is 1. The first kappa shape index (κ1) is 19.2. The number of likely N-dealkylation sites (N-methyl/N-ethyl adjacent to an activating group) is 1. The number of nitrogens with zero attached hydrogens (tertiary/aromatic N) is 3. The van der Waals surface area contributed by atoms with Gasteiger partial charge in [-0.05, 0) is 25.2 Å². The molecule has 0 radical (unpaired) electrons. The molecule has 2 aliphatic rings. The van der Waals surface area contributed by atoms with Crippen molar-refractivity contribution in [2.75, 3.05) is 20.2 Å². The van der Waals surface area contributed by atoms with Crippen LogP contribution in [0.2, 0.25) is 0 Å². The van der Waals surface area contributed by atoms with Crippen LogP contribution >= 0.6 is 0 Å². The van der Waals surface area contributed by atoms with Crippen LogP contribution in [0.25, 0.3) is 0 Å². The quantitative estimate of drug-likeness (QED) is 0.796. The van der Waals surface area contributed by atoms with Crippen molar-refractivity contribution >= 4 is 5.91 Å². The van der Waals surface area contributed by atoms with Gasteiger partial charge in [0.25, 0.3) is 0 Å². The Labute approximate surface area is 151 Å². The minimum atomic E-state index is -4.41. The second kappa shape index (κ2) is 7.98. The summed E-state index contributed by atoms with van der Waals surface area (Å²) < 4.78 is 45.6. The number of hydrogen-bond donors (Lipinski definition) is 0. The molecule has 26 heavy (non-hydrogen) atoms. The number of carbonyl (C=O) groups is 1. The Morgan fingerprint density at radius 1 is 1.31 bits per heavy atom. The third kappa shape index (κ3) is 4.78. The number of imidazole rings is 1. The van der Waals surface area contributed by atoms with E-state index in [4.69, 9.17) is 4.74 Å². The molecule has 0 unspecified atom stereocenters. The molecular formula is C18H26F3N3O2. The lowest BCUT2D eigenvalue weighted by atomic mass is 9.98. The highest BCUT2D eigenvalue weighted by Crippen LogP contribution is 2.30. The van der Waals surface area contributed by atoms with Crippen LogP contribution in [0, 0.1) is 5.92 Å². The maximum Gasteiger partial charge on any atom is 0.434 e. The number of halogens is 3. The third-order valence-electron chi connectivity index (χ3n) is 5.33. The monoisotopic (exact) mass is 373 g/mol. The molecule has 0 aromatic carbocycles. The van der Waals surface area contributed by atoms with E-state index in [1.807, 2.05) is 0 Å². The maximum atomic E-state index is 12.8. The molecule has 0 bridgehead atoms. The standard InChI is InChI=1S/C18H26F3N3O2/c1-23(17(25)12-26-14-5-3-2-4-6-14)9-13-7-8-16-22-15(18(19,20)21)11-24(16)10-13/h11,13-14H,2-10,12H2,1H3/t13-/m0/s1. The number of alkyl halides is 3. The molecule has 1 atom stereocenters. The highest BCUT2D eigenvalue weighted by molar-refractivity contribution is 5.77. The summed E-state index contributed by atoms with van der Waals surface area (Å²) >= 11 is 0. The van der Waals surface area contributed by atoms with E-state index in [-0.39, 0.29) is 24.5 Å². The van der Waals surface area contributed by atoms with Crippen molar-refractivity contribution in [3.8, 4) is 0 Å². The smallest absolute Gasteiger partial charge is 0.368 e. The minimum absolute atomic E-state index is 0.0667. The van der Waals surface area contributed by atoms with Gasteiger partial charge in [-0.2, -0.15) is 13.2 Å². The normalized spacial score (nSPS) is 21.5. The first-order chi connectivity index (χ1) is 12.3. The summed E-state index contributed by atoms with van der Waals surface area (Å²) in [5.41, 5.74) is -0.835. The molecule has 0 spiro atoms. The summed E-state index contributed by atoms with van der Waals surface area (Å²) in [5.74, 6) is 0.535. The molecule has 0 N–H and O–H groups in total. The molecule has 0 saturated heterocycles. The van der Waals surface area contributed by atoms with Crippen molar-refractivity contribution in [3.05, 3.63) is 17.7 Å². The van der Waals surface area contributed by atoms with E-state index in [1.165, 1.54) is 6.42 Å². The summed E-state index contributed by atoms with van der Waals surface area (Å²) in [5, 5.41) is 0. The van der Waals surface area contributed by atoms with Crippen molar-refractivity contribution in [1.29, 1.82) is 0 Å². The van der Waals surface area contributed by atoms with Gasteiger partial charge in [0.2, 0.25) is 5.91 Å². The number of aryl methyl sites for hydroxylation is 1. The van der Waals surface area contributed by atoms with Gasteiger partial charge >= 0.3 is 6.18 Å². The zero-order valence-corrected chi connectivity index (χ0v) is 15.1. The molecule has 1 fully saturated rings. The van der Waals surface area contributed by atoms with E-state index in [1.54, 1.807) is 16.5 Å². The average molecular weight is 373 g/mol. The number of ether oxygens (including phenoxy) is 1. The van der Waals surface area contributed by atoms with E-state index in [9.17, 15) is 18.0 Å². The molecule has 146 valence electrons. The Kier molecular flexibility index (Phi) is 5.89. The summed E-state index contributed by atoms with van der Waals surface area (Å²) in [7, 11) is 1.73. The number of rotatable bonds is 5. The Morgan fingerprint density at radius 2 is 2.04 bits per heavy atom. The van der Waals surface area contributed by atoms with Crippen molar-refractivity contribution in [2.45, 2.75) is 63.8 Å². The van der Waals surface area contributed by atoms with Crippen LogP contribution in [0.4, 0.5) is 13.2 Å². The number of aromatic nitrogens is 2. The molecule has 1 saturated carbocycles. The van der Waals surface area contributed by atoms with Gasteiger partial charge in [0.15, 0.2) is 5.69 Å². The summed E-state index contributed by atoms with van der Waals surface area (Å²) in [6.07, 6.45) is 3.67. The predicted octanol–water partition coefficient (Wildman–Crippen LogP) is 3.27. The molecule has 1 aromatic rings. The maximum absolute atomic E-state index is 12.8. The highest BCUT2D eigenvalue weighted by atomic mass is 19.4. The zero-order chi connectivity index (χ0) is 18.7. The summed E-state index contributed by atoms with van der Waals surface area (Å²) in [6, 6.07) is 0. The fraction of sp³-hybridized carbons (Fsp3) is 0.778. The second-order valence-corrected chi connectivity index (χ2v) is 7.44. The van der Waals surface area contributed by atoms with Crippen LogP contribution in [0.5, 0.6) is 0 Å². The van der Waals surface area contributed by atoms with Crippen LogP contribution in [0.3, 0.4) is 0 Å². The highest BCUT2D eigenvalue weighted by Gasteiger charge is 2.36. The number of hydrogen-bond acceptors (Lipinski definition) is 3. The number of fused-ring (bicyclic) bond motifs is 1. The lowest BCUT2D eigenvalue weighted by Crippen LogP contribution is -2.38. The first-order valence-electron chi connectivity index (χ1n) is 9.31. The fourth-order valence-electron chi connectivity index (χ4n) is 3.82. The van der Waals surface area contributed by atoms with E-state index in [0.717, 1.165) is 38.3 Å². The molecule has 5 nitrogen and oxygen atoms in total. The fourth-order valence-corrected chi connectivity index (χ4v) is 3.82. The molecule has 1 amide bonds. The van der Waals surface area contributed by atoms with Crippen LogP contribution in [0.15, 0.2) is 6.20 Å². The Hall–Kier alpha value is -1.57. The molecular weight excluding hydrogens is 347 g/mol. The molecule has 3 rings (SSSR count). The van der Waals surface area contributed by atoms with E-state index in [0.29, 0.717) is 25.3 Å². The van der Waals surface area contributed by atoms with Crippen LogP contribution < -0.4 is 0 Å². The lowest BCUT2D eigenvalue weighted by Gasteiger charge is -2.29. The van der Waals surface area contributed by atoms with Gasteiger partial charge in [-0.3, -0.25) is 4.79 Å². The third-order valence-corrected chi connectivity index (χ3v) is 5.33. The van der Waals surface area contributed by atoms with E-state index < -0.39 is 11.9 Å². The molecule has 1 aliphatic carbocycles. The van der Waals surface area contributed by atoms with Gasteiger partial charge in [0.05, 0.1) is 6.10 Å². The first-order valence-corrected chi connectivity index (χ1v) is 9.31. The van der Waals surface area contributed by atoms with Crippen molar-refractivity contribution in [2.24, 2.45) is 5.92 Å². The second-order valence-electron chi connectivity index (χ2n) is 7.44. The minimum Gasteiger partial charge on any atom is -0.368 e. The van der Waals surface area contributed by atoms with Crippen LogP contribution in [0.1, 0.15) is 50.0 Å². The largest absolute Gasteiger partial charge is 0.434 e. The van der Waals surface area contributed by atoms with Crippen LogP contribution in [-0.2, 0) is 28.7 Å². The van der Waals surface area contributed by atoms with Gasteiger partial charge in [0, 0.05) is 32.8 Å². The summed E-state index contributed by atoms with van der Waals surface area (Å²) in [6.45, 7) is 1.06. The SMILES string of the molecule is CN(C[C@@H]1CCc2nc(C(F)(F)F)cn2C1)C(=O)COC1CCCCC1. The Bertz CT molecular complexity index is 624. The van der Waals surface area contributed by atoms with Gasteiger partial charge in [-0.1, -0.05) is 19.3 Å². The van der Waals surface area contributed by atoms with Gasteiger partial charge in [-0.25, -0.2) is 4.98 Å².